The first kappa shape index (κ1) is 7.21. The van der Waals surface area contributed by atoms with Crippen LogP contribution in [0.4, 0.5) is 0 Å². The van der Waals surface area contributed by atoms with Crippen LogP contribution in [-0.4, -0.2) is 28.4 Å². The zero-order chi connectivity index (χ0) is 7.40. The minimum Gasteiger partial charge on any atom is -0.318 e. The molecule has 1 unspecified atom stereocenters. The fourth-order valence-corrected chi connectivity index (χ4v) is 0.837. The Morgan fingerprint density at radius 2 is 2.10 bits per heavy atom. The van der Waals surface area contributed by atoms with Crippen molar-refractivity contribution < 1.29 is 0 Å². The molecule has 0 aliphatic rings. The summed E-state index contributed by atoms with van der Waals surface area (Å²) in [5.74, 6) is 0. The molecule has 0 saturated heterocycles. The van der Waals surface area contributed by atoms with E-state index in [-0.39, 0.29) is 0 Å². The van der Waals surface area contributed by atoms with E-state index in [1.165, 1.54) is 0 Å². The lowest BCUT2D eigenvalue weighted by Gasteiger charge is -2.09. The Labute approximate surface area is 60.3 Å². The molecule has 0 amide bonds. The van der Waals surface area contributed by atoms with Crippen LogP contribution < -0.4 is 5.32 Å². The quantitative estimate of drug-likeness (QED) is 0.645. The SMILES string of the molecule is CNCC(C)n1cnnc1. The molecule has 0 aliphatic heterocycles. The van der Waals surface area contributed by atoms with Crippen LogP contribution in [0.5, 0.6) is 0 Å². The topological polar surface area (TPSA) is 42.7 Å². The second-order valence-corrected chi connectivity index (χ2v) is 2.32. The summed E-state index contributed by atoms with van der Waals surface area (Å²) in [5, 5.41) is 10.5. The molecule has 0 bridgehead atoms. The smallest absolute Gasteiger partial charge is 0.119 e. The van der Waals surface area contributed by atoms with Gasteiger partial charge in [0.2, 0.25) is 0 Å². The van der Waals surface area contributed by atoms with Crippen molar-refractivity contribution in [2.75, 3.05) is 13.6 Å². The summed E-state index contributed by atoms with van der Waals surface area (Å²) in [6.45, 7) is 3.05. The zero-order valence-electron chi connectivity index (χ0n) is 6.28. The molecule has 0 fully saturated rings. The number of rotatable bonds is 3. The molecule has 1 rings (SSSR count). The molecule has 0 saturated carbocycles. The summed E-state index contributed by atoms with van der Waals surface area (Å²) >= 11 is 0. The molecule has 0 spiro atoms. The number of hydrogen-bond acceptors (Lipinski definition) is 3. The molecule has 0 aliphatic carbocycles. The summed E-state index contributed by atoms with van der Waals surface area (Å²) in [6.07, 6.45) is 3.45. The van der Waals surface area contributed by atoms with Crippen LogP contribution in [-0.2, 0) is 0 Å². The predicted molar refractivity (Wildman–Crippen MR) is 38.7 cm³/mol. The third-order valence-electron chi connectivity index (χ3n) is 1.45. The van der Waals surface area contributed by atoms with Crippen molar-refractivity contribution >= 4 is 0 Å². The van der Waals surface area contributed by atoms with Crippen molar-refractivity contribution in [2.24, 2.45) is 0 Å². The summed E-state index contributed by atoms with van der Waals surface area (Å²) in [7, 11) is 1.93. The highest BCUT2D eigenvalue weighted by Gasteiger charge is 2.00. The van der Waals surface area contributed by atoms with Crippen molar-refractivity contribution in [1.29, 1.82) is 0 Å². The number of nitrogens with zero attached hydrogens (tertiary/aromatic N) is 3. The number of hydrogen-bond donors (Lipinski definition) is 1. The molecule has 4 nitrogen and oxygen atoms in total. The van der Waals surface area contributed by atoms with Gasteiger partial charge in [-0.1, -0.05) is 0 Å². The van der Waals surface area contributed by atoms with Gasteiger partial charge in [0.1, 0.15) is 12.7 Å². The van der Waals surface area contributed by atoms with Crippen molar-refractivity contribution in [3.8, 4) is 0 Å². The number of nitrogens with one attached hydrogen (secondary N) is 1. The van der Waals surface area contributed by atoms with Gasteiger partial charge in [0.25, 0.3) is 0 Å². The molecule has 4 heteroatoms. The largest absolute Gasteiger partial charge is 0.318 e. The van der Waals surface area contributed by atoms with E-state index in [1.807, 2.05) is 11.6 Å². The lowest BCUT2D eigenvalue weighted by atomic mass is 10.3. The van der Waals surface area contributed by atoms with E-state index in [1.54, 1.807) is 12.7 Å². The Morgan fingerprint density at radius 1 is 1.50 bits per heavy atom. The van der Waals surface area contributed by atoms with Crippen LogP contribution in [0.25, 0.3) is 0 Å². The van der Waals surface area contributed by atoms with Crippen LogP contribution in [0.2, 0.25) is 0 Å². The van der Waals surface area contributed by atoms with Crippen LogP contribution in [0.1, 0.15) is 13.0 Å². The van der Waals surface area contributed by atoms with Crippen molar-refractivity contribution in [2.45, 2.75) is 13.0 Å². The molecule has 0 radical (unpaired) electrons. The third kappa shape index (κ3) is 1.54. The second kappa shape index (κ2) is 3.31. The monoisotopic (exact) mass is 140 g/mol. The van der Waals surface area contributed by atoms with Crippen LogP contribution in [0.15, 0.2) is 12.7 Å². The van der Waals surface area contributed by atoms with E-state index in [0.717, 1.165) is 6.54 Å². The van der Waals surface area contributed by atoms with Crippen LogP contribution in [0.3, 0.4) is 0 Å². The van der Waals surface area contributed by atoms with Gasteiger partial charge < -0.3 is 9.88 Å². The van der Waals surface area contributed by atoms with Crippen molar-refractivity contribution in [3.63, 3.8) is 0 Å². The van der Waals surface area contributed by atoms with Crippen LogP contribution in [0, 0.1) is 0 Å². The standard InChI is InChI=1S/C6H12N4/c1-6(3-7-2)10-4-8-9-5-10/h4-7H,3H2,1-2H3. The summed E-state index contributed by atoms with van der Waals surface area (Å²) in [4.78, 5) is 0. The van der Waals surface area contributed by atoms with Crippen molar-refractivity contribution in [1.82, 2.24) is 20.1 Å². The highest BCUT2D eigenvalue weighted by Crippen LogP contribution is 1.99. The minimum atomic E-state index is 0.431. The van der Waals surface area contributed by atoms with Gasteiger partial charge in [0.15, 0.2) is 0 Å². The Balaban J connectivity index is 2.50. The summed E-state index contributed by atoms with van der Waals surface area (Å²) in [5.41, 5.74) is 0. The number of likely N-dealkylation sites (N-methyl/N-ethyl adjacent to an activating group) is 1. The van der Waals surface area contributed by atoms with E-state index in [4.69, 9.17) is 0 Å². The van der Waals surface area contributed by atoms with Gasteiger partial charge in [0.05, 0.1) is 0 Å². The van der Waals surface area contributed by atoms with E-state index in [2.05, 4.69) is 22.4 Å². The maximum atomic E-state index is 3.71. The van der Waals surface area contributed by atoms with E-state index >= 15 is 0 Å². The van der Waals surface area contributed by atoms with Gasteiger partial charge in [-0.15, -0.1) is 10.2 Å². The first-order valence-corrected chi connectivity index (χ1v) is 3.33. The maximum absolute atomic E-state index is 3.71. The first-order chi connectivity index (χ1) is 4.84. The van der Waals surface area contributed by atoms with Gasteiger partial charge in [-0.3, -0.25) is 0 Å². The maximum Gasteiger partial charge on any atom is 0.119 e. The highest BCUT2D eigenvalue weighted by atomic mass is 15.2. The normalized spacial score (nSPS) is 13.4. The minimum absolute atomic E-state index is 0.431. The van der Waals surface area contributed by atoms with E-state index in [0.29, 0.717) is 6.04 Å². The third-order valence-corrected chi connectivity index (χ3v) is 1.45. The molecular formula is C6H12N4. The van der Waals surface area contributed by atoms with E-state index < -0.39 is 0 Å². The molecule has 1 N–H and O–H groups in total. The molecule has 1 aromatic heterocycles. The van der Waals surface area contributed by atoms with E-state index in [9.17, 15) is 0 Å². The molecule has 0 aromatic carbocycles. The van der Waals surface area contributed by atoms with Crippen LogP contribution >= 0.6 is 0 Å². The molecule has 1 atom stereocenters. The molecule has 56 valence electrons. The molecule has 1 aromatic rings. The summed E-state index contributed by atoms with van der Waals surface area (Å²) in [6, 6.07) is 0.431. The molecular weight excluding hydrogens is 128 g/mol. The lowest BCUT2D eigenvalue weighted by Crippen LogP contribution is -2.18. The van der Waals surface area contributed by atoms with Gasteiger partial charge in [-0.05, 0) is 14.0 Å². The molecule has 1 heterocycles. The Kier molecular flexibility index (Phi) is 2.39. The Hall–Kier alpha value is -0.900. The average Bonchev–Trinajstić information content (AvgIpc) is 2.38. The van der Waals surface area contributed by atoms with Gasteiger partial charge in [-0.25, -0.2) is 0 Å². The van der Waals surface area contributed by atoms with Crippen molar-refractivity contribution in [3.05, 3.63) is 12.7 Å². The fraction of sp³-hybridized carbons (Fsp3) is 0.667. The second-order valence-electron chi connectivity index (χ2n) is 2.32. The zero-order valence-corrected chi connectivity index (χ0v) is 6.28. The van der Waals surface area contributed by atoms with Gasteiger partial charge >= 0.3 is 0 Å². The van der Waals surface area contributed by atoms with Gasteiger partial charge in [-0.2, -0.15) is 0 Å². The fourth-order valence-electron chi connectivity index (χ4n) is 0.837. The Morgan fingerprint density at radius 3 is 2.60 bits per heavy atom. The highest BCUT2D eigenvalue weighted by molar-refractivity contribution is 4.69. The predicted octanol–water partition coefficient (Wildman–Crippen LogP) is 0.0585. The average molecular weight is 140 g/mol. The molecule has 10 heavy (non-hydrogen) atoms. The lowest BCUT2D eigenvalue weighted by molar-refractivity contribution is 0.516. The van der Waals surface area contributed by atoms with Gasteiger partial charge in [0, 0.05) is 12.6 Å². The first-order valence-electron chi connectivity index (χ1n) is 3.33. The Bertz CT molecular complexity index is 170. The summed E-state index contributed by atoms with van der Waals surface area (Å²) < 4.78 is 1.97. The number of aromatic nitrogens is 3.